The van der Waals surface area contributed by atoms with Crippen molar-refractivity contribution < 1.29 is 19.1 Å². The van der Waals surface area contributed by atoms with Crippen molar-refractivity contribution in [2.45, 2.75) is 38.7 Å². The fourth-order valence-corrected chi connectivity index (χ4v) is 3.64. The molecule has 0 saturated carbocycles. The van der Waals surface area contributed by atoms with Crippen molar-refractivity contribution in [3.63, 3.8) is 0 Å². The summed E-state index contributed by atoms with van der Waals surface area (Å²) in [6.45, 7) is 1.76. The van der Waals surface area contributed by atoms with Gasteiger partial charge in [0.25, 0.3) is 11.8 Å². The maximum absolute atomic E-state index is 12.3. The third-order valence-electron chi connectivity index (χ3n) is 5.34. The van der Waals surface area contributed by atoms with Crippen LogP contribution < -0.4 is 20.2 Å². The van der Waals surface area contributed by atoms with E-state index in [1.165, 1.54) is 24.0 Å². The molecule has 0 aromatic heterocycles. The molecule has 156 valence electrons. The molecular formula is C23H25N3O4. The molecule has 2 amide bonds. The number of carbonyl (C=O) groups excluding carboxylic acids is 2. The molecule has 1 aliphatic heterocycles. The van der Waals surface area contributed by atoms with Crippen molar-refractivity contribution in [2.75, 3.05) is 13.2 Å². The highest BCUT2D eigenvalue weighted by molar-refractivity contribution is 5.99. The SMILES string of the molecule is C/C(=N\NC(=O)CNC(=O)[C@@H]1COc2ccccc2O1)c1ccc2c(c1)CCCC2. The third kappa shape index (κ3) is 4.62. The Bertz CT molecular complexity index is 986. The molecule has 2 N–H and O–H groups in total. The Kier molecular flexibility index (Phi) is 5.97. The van der Waals surface area contributed by atoms with Crippen molar-refractivity contribution in [1.29, 1.82) is 0 Å². The van der Waals surface area contributed by atoms with Crippen LogP contribution in [0.5, 0.6) is 11.5 Å². The summed E-state index contributed by atoms with van der Waals surface area (Å²) < 4.78 is 11.2. The number of nitrogens with one attached hydrogen (secondary N) is 2. The molecule has 1 aliphatic carbocycles. The van der Waals surface area contributed by atoms with E-state index in [1.54, 1.807) is 18.2 Å². The second kappa shape index (κ2) is 8.98. The summed E-state index contributed by atoms with van der Waals surface area (Å²) in [5, 5.41) is 6.74. The standard InChI is InChI=1S/C23H25N3O4/c1-15(17-11-10-16-6-2-3-7-18(16)12-17)25-26-22(27)13-24-23(28)21-14-29-19-8-4-5-9-20(19)30-21/h4-5,8-12,21H,2-3,6-7,13-14H2,1H3,(H,24,28)(H,26,27)/b25-15+/t21-/m0/s1. The Morgan fingerprint density at radius 3 is 2.67 bits per heavy atom. The molecule has 2 aromatic rings. The van der Waals surface area contributed by atoms with Gasteiger partial charge >= 0.3 is 0 Å². The van der Waals surface area contributed by atoms with Gasteiger partial charge < -0.3 is 14.8 Å². The van der Waals surface area contributed by atoms with Crippen LogP contribution in [-0.2, 0) is 22.4 Å². The molecule has 7 heteroatoms. The summed E-state index contributed by atoms with van der Waals surface area (Å²) in [7, 11) is 0. The fraction of sp³-hybridized carbons (Fsp3) is 0.348. The quantitative estimate of drug-likeness (QED) is 0.588. The molecule has 0 fully saturated rings. The Labute approximate surface area is 175 Å². The number of aryl methyl sites for hydroxylation is 2. The van der Waals surface area contributed by atoms with Crippen molar-refractivity contribution >= 4 is 17.5 Å². The molecule has 1 atom stereocenters. The average molecular weight is 407 g/mol. The number of rotatable bonds is 5. The highest BCUT2D eigenvalue weighted by Gasteiger charge is 2.27. The Balaban J connectivity index is 1.27. The molecule has 30 heavy (non-hydrogen) atoms. The lowest BCUT2D eigenvalue weighted by molar-refractivity contribution is -0.132. The first kappa shape index (κ1) is 19.9. The summed E-state index contributed by atoms with van der Waals surface area (Å²) in [5.41, 5.74) is 6.98. The Hall–Kier alpha value is -3.35. The first-order valence-electron chi connectivity index (χ1n) is 10.2. The first-order chi connectivity index (χ1) is 14.6. The number of nitrogens with zero attached hydrogens (tertiary/aromatic N) is 1. The van der Waals surface area contributed by atoms with Crippen LogP contribution in [0.4, 0.5) is 0 Å². The summed E-state index contributed by atoms with van der Waals surface area (Å²) in [5.74, 6) is 0.303. The topological polar surface area (TPSA) is 89.0 Å². The van der Waals surface area contributed by atoms with Gasteiger partial charge in [0.2, 0.25) is 6.10 Å². The minimum Gasteiger partial charge on any atom is -0.485 e. The molecule has 0 unspecified atom stereocenters. The van der Waals surface area contributed by atoms with Crippen LogP contribution in [0, 0.1) is 0 Å². The highest BCUT2D eigenvalue weighted by Crippen LogP contribution is 2.30. The van der Waals surface area contributed by atoms with Gasteiger partial charge in [0, 0.05) is 0 Å². The first-order valence-corrected chi connectivity index (χ1v) is 10.2. The van der Waals surface area contributed by atoms with Crippen molar-refractivity contribution in [3.8, 4) is 11.5 Å². The van der Waals surface area contributed by atoms with Gasteiger partial charge in [0.15, 0.2) is 11.5 Å². The molecule has 4 rings (SSSR count). The van der Waals surface area contributed by atoms with Gasteiger partial charge in [-0.05, 0) is 67.5 Å². The Morgan fingerprint density at radius 1 is 1.07 bits per heavy atom. The molecule has 1 heterocycles. The van der Waals surface area contributed by atoms with Crippen LogP contribution in [0.15, 0.2) is 47.6 Å². The van der Waals surface area contributed by atoms with E-state index in [-0.39, 0.29) is 13.2 Å². The van der Waals surface area contributed by atoms with Gasteiger partial charge in [-0.2, -0.15) is 5.10 Å². The fourth-order valence-electron chi connectivity index (χ4n) is 3.64. The minimum absolute atomic E-state index is 0.0973. The lowest BCUT2D eigenvalue weighted by Gasteiger charge is -2.25. The van der Waals surface area contributed by atoms with Crippen molar-refractivity contribution in [1.82, 2.24) is 10.7 Å². The van der Waals surface area contributed by atoms with Crippen LogP contribution in [0.25, 0.3) is 0 Å². The van der Waals surface area contributed by atoms with Gasteiger partial charge in [-0.15, -0.1) is 0 Å². The summed E-state index contributed by atoms with van der Waals surface area (Å²) in [6, 6.07) is 13.5. The van der Waals surface area contributed by atoms with Gasteiger partial charge in [-0.1, -0.05) is 24.3 Å². The number of carbonyl (C=O) groups is 2. The highest BCUT2D eigenvalue weighted by atomic mass is 16.6. The molecule has 2 aliphatic rings. The summed E-state index contributed by atoms with van der Waals surface area (Å²) >= 11 is 0. The molecule has 7 nitrogen and oxygen atoms in total. The number of hydrogen-bond acceptors (Lipinski definition) is 5. The van der Waals surface area contributed by atoms with Crippen LogP contribution in [0.1, 0.15) is 36.5 Å². The van der Waals surface area contributed by atoms with Crippen LogP contribution >= 0.6 is 0 Å². The van der Waals surface area contributed by atoms with Crippen LogP contribution in [0.3, 0.4) is 0 Å². The van der Waals surface area contributed by atoms with E-state index < -0.39 is 17.9 Å². The lowest BCUT2D eigenvalue weighted by Crippen LogP contribution is -2.46. The number of hydrazone groups is 1. The maximum Gasteiger partial charge on any atom is 0.265 e. The molecule has 0 bridgehead atoms. The average Bonchev–Trinajstić information content (AvgIpc) is 2.80. The van der Waals surface area contributed by atoms with Crippen LogP contribution in [-0.4, -0.2) is 36.8 Å². The number of hydrogen-bond donors (Lipinski definition) is 2. The summed E-state index contributed by atoms with van der Waals surface area (Å²) in [6.07, 6.45) is 3.87. The second-order valence-corrected chi connectivity index (χ2v) is 7.50. The van der Waals surface area contributed by atoms with Gasteiger partial charge in [0.05, 0.1) is 12.3 Å². The van der Waals surface area contributed by atoms with E-state index in [0.717, 1.165) is 24.1 Å². The zero-order valence-corrected chi connectivity index (χ0v) is 16.9. The van der Waals surface area contributed by atoms with E-state index in [2.05, 4.69) is 28.0 Å². The van der Waals surface area contributed by atoms with Crippen molar-refractivity contribution in [2.24, 2.45) is 5.10 Å². The Morgan fingerprint density at radius 2 is 1.83 bits per heavy atom. The molecule has 0 spiro atoms. The number of ether oxygens (including phenoxy) is 2. The normalized spacial score (nSPS) is 17.6. The zero-order chi connectivity index (χ0) is 20.9. The van der Waals surface area contributed by atoms with E-state index in [4.69, 9.17) is 9.47 Å². The molecule has 0 radical (unpaired) electrons. The van der Waals surface area contributed by atoms with E-state index >= 15 is 0 Å². The second-order valence-electron chi connectivity index (χ2n) is 7.50. The molecule has 0 saturated heterocycles. The van der Waals surface area contributed by atoms with E-state index in [1.807, 2.05) is 19.1 Å². The van der Waals surface area contributed by atoms with E-state index in [0.29, 0.717) is 11.5 Å². The van der Waals surface area contributed by atoms with Crippen LogP contribution in [0.2, 0.25) is 0 Å². The maximum atomic E-state index is 12.3. The smallest absolute Gasteiger partial charge is 0.265 e. The number of fused-ring (bicyclic) bond motifs is 2. The number of benzene rings is 2. The number of para-hydroxylation sites is 2. The largest absolute Gasteiger partial charge is 0.485 e. The van der Waals surface area contributed by atoms with E-state index in [9.17, 15) is 9.59 Å². The van der Waals surface area contributed by atoms with Gasteiger partial charge in [-0.25, -0.2) is 5.43 Å². The lowest BCUT2D eigenvalue weighted by atomic mass is 9.90. The van der Waals surface area contributed by atoms with Gasteiger partial charge in [0.1, 0.15) is 6.61 Å². The molecular weight excluding hydrogens is 382 g/mol. The van der Waals surface area contributed by atoms with Crippen molar-refractivity contribution in [3.05, 3.63) is 59.2 Å². The minimum atomic E-state index is -0.798. The zero-order valence-electron chi connectivity index (χ0n) is 16.9. The third-order valence-corrected chi connectivity index (χ3v) is 5.34. The molecule has 2 aromatic carbocycles. The predicted molar refractivity (Wildman–Crippen MR) is 113 cm³/mol. The monoisotopic (exact) mass is 407 g/mol. The summed E-state index contributed by atoms with van der Waals surface area (Å²) in [4.78, 5) is 24.4. The predicted octanol–water partition coefficient (Wildman–Crippen LogP) is 2.36. The van der Waals surface area contributed by atoms with Gasteiger partial charge in [-0.3, -0.25) is 9.59 Å². The number of amides is 2.